The molecule has 0 spiro atoms. The summed E-state index contributed by atoms with van der Waals surface area (Å²) in [7, 11) is -3.59. The first-order valence-electron chi connectivity index (χ1n) is 7.28. The summed E-state index contributed by atoms with van der Waals surface area (Å²) in [5.74, 6) is -4.98. The smallest absolute Gasteiger partial charge is 0.305 e. The highest BCUT2D eigenvalue weighted by Crippen LogP contribution is 2.12. The number of hydrogen-bond acceptors (Lipinski definition) is 4. The average Bonchev–Trinajstić information content (AvgIpc) is 2.46. The van der Waals surface area contributed by atoms with Crippen LogP contribution in [0.4, 0.5) is 8.78 Å². The second kappa shape index (κ2) is 8.72. The monoisotopic (exact) mass is 363 g/mol. The predicted molar refractivity (Wildman–Crippen MR) is 83.0 cm³/mol. The fourth-order valence-electron chi connectivity index (χ4n) is 2.04. The Kier molecular flexibility index (Phi) is 7.27. The van der Waals surface area contributed by atoms with Crippen molar-refractivity contribution in [1.29, 1.82) is 0 Å². The van der Waals surface area contributed by atoms with Crippen molar-refractivity contribution in [2.24, 2.45) is 0 Å². The molecule has 1 N–H and O–H groups in total. The van der Waals surface area contributed by atoms with Crippen LogP contribution >= 0.6 is 0 Å². The van der Waals surface area contributed by atoms with Crippen molar-refractivity contribution < 1.29 is 31.9 Å². The van der Waals surface area contributed by atoms with Gasteiger partial charge in [0.1, 0.15) is 5.75 Å². The van der Waals surface area contributed by atoms with Crippen LogP contribution in [0.3, 0.4) is 0 Å². The second-order valence-electron chi connectivity index (χ2n) is 5.30. The van der Waals surface area contributed by atoms with Gasteiger partial charge >= 0.3 is 5.97 Å². The largest absolute Gasteiger partial charge is 0.481 e. The SMILES string of the molecule is CCCS(=O)(=O)CC(=O)N(CCC(=O)O)Cc1ccc(F)c(F)c1. The third-order valence-electron chi connectivity index (χ3n) is 3.16. The van der Waals surface area contributed by atoms with Crippen LogP contribution in [0.5, 0.6) is 0 Å². The Hall–Kier alpha value is -2.03. The van der Waals surface area contributed by atoms with Crippen LogP contribution in [0.2, 0.25) is 0 Å². The number of carbonyl (C=O) groups excluding carboxylic acids is 1. The van der Waals surface area contributed by atoms with Gasteiger partial charge in [-0.25, -0.2) is 17.2 Å². The minimum Gasteiger partial charge on any atom is -0.481 e. The maximum Gasteiger partial charge on any atom is 0.305 e. The van der Waals surface area contributed by atoms with E-state index in [4.69, 9.17) is 5.11 Å². The minimum atomic E-state index is -3.59. The van der Waals surface area contributed by atoms with E-state index in [0.717, 1.165) is 17.0 Å². The van der Waals surface area contributed by atoms with Gasteiger partial charge in [-0.05, 0) is 24.1 Å². The minimum absolute atomic E-state index is 0.156. The molecule has 0 saturated carbocycles. The van der Waals surface area contributed by atoms with Gasteiger partial charge in [0.2, 0.25) is 5.91 Å². The molecule has 1 aromatic carbocycles. The van der Waals surface area contributed by atoms with Gasteiger partial charge in [-0.15, -0.1) is 0 Å². The lowest BCUT2D eigenvalue weighted by molar-refractivity contribution is -0.138. The number of sulfone groups is 1. The van der Waals surface area contributed by atoms with E-state index in [0.29, 0.717) is 6.42 Å². The maximum absolute atomic E-state index is 13.2. The molecule has 1 rings (SSSR count). The average molecular weight is 363 g/mol. The van der Waals surface area contributed by atoms with Crippen LogP contribution < -0.4 is 0 Å². The van der Waals surface area contributed by atoms with E-state index >= 15 is 0 Å². The molecule has 24 heavy (non-hydrogen) atoms. The molecule has 1 aromatic rings. The normalized spacial score (nSPS) is 11.3. The Morgan fingerprint density at radius 2 is 1.88 bits per heavy atom. The van der Waals surface area contributed by atoms with Gasteiger partial charge < -0.3 is 10.0 Å². The van der Waals surface area contributed by atoms with Gasteiger partial charge in [-0.2, -0.15) is 0 Å². The van der Waals surface area contributed by atoms with E-state index in [1.165, 1.54) is 6.07 Å². The van der Waals surface area contributed by atoms with Gasteiger partial charge in [0, 0.05) is 13.1 Å². The Morgan fingerprint density at radius 3 is 2.42 bits per heavy atom. The Labute approximate surface area is 139 Å². The van der Waals surface area contributed by atoms with E-state index in [-0.39, 0.29) is 30.8 Å². The number of rotatable bonds is 9. The number of aliphatic carboxylic acids is 1. The molecule has 6 nitrogen and oxygen atoms in total. The predicted octanol–water partition coefficient (Wildman–Crippen LogP) is 1.59. The lowest BCUT2D eigenvalue weighted by atomic mass is 10.2. The van der Waals surface area contributed by atoms with E-state index < -0.39 is 39.1 Å². The zero-order valence-electron chi connectivity index (χ0n) is 13.2. The summed E-state index contributed by atoms with van der Waals surface area (Å²) in [6, 6.07) is 3.02. The fraction of sp³-hybridized carbons (Fsp3) is 0.467. The highest BCUT2D eigenvalue weighted by atomic mass is 32.2. The van der Waals surface area contributed by atoms with Gasteiger partial charge in [0.25, 0.3) is 0 Å². The number of benzene rings is 1. The summed E-state index contributed by atoms with van der Waals surface area (Å²) < 4.78 is 49.7. The molecule has 134 valence electrons. The third kappa shape index (κ3) is 6.61. The van der Waals surface area contributed by atoms with Crippen molar-refractivity contribution in [2.45, 2.75) is 26.3 Å². The maximum atomic E-state index is 13.2. The number of carboxylic acids is 1. The highest BCUT2D eigenvalue weighted by Gasteiger charge is 2.22. The summed E-state index contributed by atoms with van der Waals surface area (Å²) in [5, 5.41) is 8.74. The zero-order valence-corrected chi connectivity index (χ0v) is 14.0. The first-order valence-corrected chi connectivity index (χ1v) is 9.10. The number of halogens is 2. The van der Waals surface area contributed by atoms with Gasteiger partial charge in [-0.3, -0.25) is 9.59 Å². The number of nitrogens with zero attached hydrogens (tertiary/aromatic N) is 1. The van der Waals surface area contributed by atoms with E-state index in [1.54, 1.807) is 6.92 Å². The molecule has 0 heterocycles. The van der Waals surface area contributed by atoms with Gasteiger partial charge in [0.05, 0.1) is 12.2 Å². The molecule has 0 saturated heterocycles. The summed E-state index contributed by atoms with van der Waals surface area (Å²) in [5.41, 5.74) is 0.237. The lowest BCUT2D eigenvalue weighted by Gasteiger charge is -2.22. The third-order valence-corrected chi connectivity index (χ3v) is 4.88. The zero-order chi connectivity index (χ0) is 18.3. The fourth-order valence-corrected chi connectivity index (χ4v) is 3.37. The molecule has 0 radical (unpaired) electrons. The summed E-state index contributed by atoms with van der Waals surface area (Å²) in [6.07, 6.45) is -0.0306. The quantitative estimate of drug-likeness (QED) is 0.719. The molecular formula is C15H19F2NO5S. The van der Waals surface area contributed by atoms with Crippen molar-refractivity contribution in [1.82, 2.24) is 4.90 Å². The van der Waals surface area contributed by atoms with Crippen LogP contribution in [0, 0.1) is 11.6 Å². The summed E-state index contributed by atoms with van der Waals surface area (Å²) >= 11 is 0. The second-order valence-corrected chi connectivity index (χ2v) is 7.48. The molecular weight excluding hydrogens is 344 g/mol. The summed E-state index contributed by atoms with van der Waals surface area (Å²) in [6.45, 7) is 1.23. The van der Waals surface area contributed by atoms with E-state index in [1.807, 2.05) is 0 Å². The highest BCUT2D eigenvalue weighted by molar-refractivity contribution is 7.92. The van der Waals surface area contributed by atoms with Crippen LogP contribution in [-0.2, 0) is 26.0 Å². The Bertz CT molecular complexity index is 706. The van der Waals surface area contributed by atoms with Crippen molar-refractivity contribution in [2.75, 3.05) is 18.1 Å². The molecule has 0 bridgehead atoms. The molecule has 0 aliphatic heterocycles. The number of carbonyl (C=O) groups is 2. The Morgan fingerprint density at radius 1 is 1.21 bits per heavy atom. The molecule has 0 aliphatic rings. The molecule has 0 aliphatic carbocycles. The molecule has 1 amide bonds. The molecule has 0 atom stereocenters. The van der Waals surface area contributed by atoms with E-state index in [2.05, 4.69) is 0 Å². The summed E-state index contributed by atoms with van der Waals surface area (Å²) in [4.78, 5) is 23.9. The molecule has 0 unspecified atom stereocenters. The number of carboxylic acid groups (broad SMARTS) is 1. The van der Waals surface area contributed by atoms with Crippen LogP contribution in [-0.4, -0.2) is 48.4 Å². The molecule has 0 aromatic heterocycles. The number of amides is 1. The molecule has 9 heteroatoms. The van der Waals surface area contributed by atoms with Crippen molar-refractivity contribution in [3.05, 3.63) is 35.4 Å². The topological polar surface area (TPSA) is 91.8 Å². The molecule has 0 fully saturated rings. The first-order chi connectivity index (χ1) is 11.1. The van der Waals surface area contributed by atoms with Crippen molar-refractivity contribution in [3.63, 3.8) is 0 Å². The van der Waals surface area contributed by atoms with Crippen molar-refractivity contribution >= 4 is 21.7 Å². The Balaban J connectivity index is 2.91. The van der Waals surface area contributed by atoms with Gasteiger partial charge in [0.15, 0.2) is 21.5 Å². The number of hydrogen-bond donors (Lipinski definition) is 1. The van der Waals surface area contributed by atoms with Gasteiger partial charge in [-0.1, -0.05) is 13.0 Å². The lowest BCUT2D eigenvalue weighted by Crippen LogP contribution is -2.37. The first kappa shape index (κ1) is 20.0. The van der Waals surface area contributed by atoms with E-state index in [9.17, 15) is 26.8 Å². The van der Waals surface area contributed by atoms with Crippen LogP contribution in [0.15, 0.2) is 18.2 Å². The van der Waals surface area contributed by atoms with Crippen LogP contribution in [0.25, 0.3) is 0 Å². The van der Waals surface area contributed by atoms with Crippen LogP contribution in [0.1, 0.15) is 25.3 Å². The standard InChI is InChI=1S/C15H19F2NO5S/c1-2-7-24(22,23)10-14(19)18(6-5-15(20)21)9-11-3-4-12(16)13(17)8-11/h3-4,8H,2,5-7,9-10H2,1H3,(H,20,21). The van der Waals surface area contributed by atoms with Crippen molar-refractivity contribution in [3.8, 4) is 0 Å².